The molecule has 0 spiro atoms. The SMILES string of the molecule is C[C@H](C(=O)NCc1cccc(CN2CCOCC2)c1)N(c1ccc2c(c1)OCCO2)S(C)(=O)=O. The molecule has 2 aromatic rings. The number of amides is 1. The quantitative estimate of drug-likeness (QED) is 0.604. The molecule has 0 bridgehead atoms. The van der Waals surface area contributed by atoms with Crippen LogP contribution < -0.4 is 19.1 Å². The molecule has 1 fully saturated rings. The molecule has 0 saturated carbocycles. The highest BCUT2D eigenvalue weighted by atomic mass is 32.2. The third kappa shape index (κ3) is 5.99. The van der Waals surface area contributed by atoms with Gasteiger partial charge in [0.25, 0.3) is 0 Å². The summed E-state index contributed by atoms with van der Waals surface area (Å²) in [5.41, 5.74) is 2.47. The van der Waals surface area contributed by atoms with Gasteiger partial charge in [-0.15, -0.1) is 0 Å². The molecule has 2 aliphatic rings. The van der Waals surface area contributed by atoms with Crippen molar-refractivity contribution < 1.29 is 27.4 Å². The number of sulfonamides is 1. The average molecular weight is 490 g/mol. The van der Waals surface area contributed by atoms with Gasteiger partial charge in [0, 0.05) is 32.2 Å². The van der Waals surface area contributed by atoms with Crippen LogP contribution >= 0.6 is 0 Å². The standard InChI is InChI=1S/C24H31N3O6S/c1-18(27(34(2,29)30)21-6-7-22-23(15-21)33-13-12-32-22)24(28)25-16-19-4-3-5-20(14-19)17-26-8-10-31-11-9-26/h3-7,14-15,18H,8-13,16-17H2,1-2H3,(H,25,28)/t18-/m1/s1. The van der Waals surface area contributed by atoms with E-state index in [1.165, 1.54) is 0 Å². The molecule has 2 aliphatic heterocycles. The van der Waals surface area contributed by atoms with Crippen molar-refractivity contribution in [2.24, 2.45) is 0 Å². The second-order valence-corrected chi connectivity index (χ2v) is 10.3. The second-order valence-electron chi connectivity index (χ2n) is 8.49. The molecule has 34 heavy (non-hydrogen) atoms. The number of morpholine rings is 1. The number of fused-ring (bicyclic) bond motifs is 1. The topological polar surface area (TPSA) is 97.4 Å². The molecule has 0 unspecified atom stereocenters. The zero-order valence-electron chi connectivity index (χ0n) is 19.5. The van der Waals surface area contributed by atoms with E-state index < -0.39 is 16.1 Å². The van der Waals surface area contributed by atoms with E-state index in [4.69, 9.17) is 14.2 Å². The summed E-state index contributed by atoms with van der Waals surface area (Å²) in [6.07, 6.45) is 1.09. The summed E-state index contributed by atoms with van der Waals surface area (Å²) < 4.78 is 42.8. The van der Waals surface area contributed by atoms with Crippen molar-refractivity contribution in [1.82, 2.24) is 10.2 Å². The summed E-state index contributed by atoms with van der Waals surface area (Å²) in [5.74, 6) is 0.624. The van der Waals surface area contributed by atoms with Crippen molar-refractivity contribution >= 4 is 21.6 Å². The van der Waals surface area contributed by atoms with E-state index in [0.29, 0.717) is 36.9 Å². The van der Waals surface area contributed by atoms with Gasteiger partial charge in [0.1, 0.15) is 19.3 Å². The lowest BCUT2D eigenvalue weighted by Crippen LogP contribution is -2.47. The Balaban J connectivity index is 1.43. The number of benzene rings is 2. The Bertz CT molecular complexity index is 1120. The maximum absolute atomic E-state index is 13.0. The van der Waals surface area contributed by atoms with Crippen molar-refractivity contribution in [3.8, 4) is 11.5 Å². The predicted molar refractivity (Wildman–Crippen MR) is 129 cm³/mol. The first kappa shape index (κ1) is 24.3. The molecule has 0 aliphatic carbocycles. The van der Waals surface area contributed by atoms with Crippen molar-refractivity contribution in [2.45, 2.75) is 26.1 Å². The number of anilines is 1. The monoisotopic (exact) mass is 489 g/mol. The van der Waals surface area contributed by atoms with E-state index in [1.54, 1.807) is 25.1 Å². The number of nitrogens with zero attached hydrogens (tertiary/aromatic N) is 2. The first-order valence-corrected chi connectivity index (χ1v) is 13.2. The largest absolute Gasteiger partial charge is 0.486 e. The minimum absolute atomic E-state index is 0.304. The summed E-state index contributed by atoms with van der Waals surface area (Å²) >= 11 is 0. The van der Waals surface area contributed by atoms with Crippen LogP contribution in [-0.4, -0.2) is 71.0 Å². The maximum atomic E-state index is 13.0. The Kier molecular flexibility index (Phi) is 7.60. The van der Waals surface area contributed by atoms with Crippen LogP contribution in [0.15, 0.2) is 42.5 Å². The molecule has 0 aromatic heterocycles. The number of carbonyl (C=O) groups is 1. The van der Waals surface area contributed by atoms with Crippen LogP contribution in [0.1, 0.15) is 18.1 Å². The van der Waals surface area contributed by atoms with Crippen LogP contribution in [-0.2, 0) is 32.6 Å². The minimum Gasteiger partial charge on any atom is -0.486 e. The van der Waals surface area contributed by atoms with Crippen LogP contribution in [0, 0.1) is 0 Å². The zero-order valence-corrected chi connectivity index (χ0v) is 20.3. The Morgan fingerprint density at radius 2 is 1.74 bits per heavy atom. The highest BCUT2D eigenvalue weighted by Crippen LogP contribution is 2.35. The molecule has 1 saturated heterocycles. The Labute approximate surface area is 200 Å². The van der Waals surface area contributed by atoms with Gasteiger partial charge in [0.15, 0.2) is 11.5 Å². The van der Waals surface area contributed by atoms with Crippen molar-refractivity contribution in [2.75, 3.05) is 50.1 Å². The summed E-state index contributed by atoms with van der Waals surface area (Å²) in [6.45, 7) is 6.82. The predicted octanol–water partition coefficient (Wildman–Crippen LogP) is 1.76. The normalized spacial score (nSPS) is 17.1. The zero-order chi connectivity index (χ0) is 24.1. The van der Waals surface area contributed by atoms with Crippen molar-refractivity contribution in [3.63, 3.8) is 0 Å². The van der Waals surface area contributed by atoms with Gasteiger partial charge in [-0.2, -0.15) is 0 Å². The van der Waals surface area contributed by atoms with Crippen molar-refractivity contribution in [1.29, 1.82) is 0 Å². The Hall–Kier alpha value is -2.82. The van der Waals surface area contributed by atoms with Crippen molar-refractivity contribution in [3.05, 3.63) is 53.6 Å². The molecule has 0 radical (unpaired) electrons. The first-order chi connectivity index (χ1) is 16.3. The molecule has 10 heteroatoms. The fourth-order valence-electron chi connectivity index (χ4n) is 4.17. The Morgan fingerprint density at radius 3 is 2.47 bits per heavy atom. The van der Waals surface area contributed by atoms with Crippen LogP contribution in [0.4, 0.5) is 5.69 Å². The van der Waals surface area contributed by atoms with Gasteiger partial charge >= 0.3 is 0 Å². The fourth-order valence-corrected chi connectivity index (χ4v) is 5.34. The molecular weight excluding hydrogens is 458 g/mol. The van der Waals surface area contributed by atoms with E-state index in [0.717, 1.165) is 54.5 Å². The highest BCUT2D eigenvalue weighted by Gasteiger charge is 2.30. The van der Waals surface area contributed by atoms with E-state index in [2.05, 4.69) is 22.3 Å². The van der Waals surface area contributed by atoms with Crippen LogP contribution in [0.3, 0.4) is 0 Å². The Morgan fingerprint density at radius 1 is 1.03 bits per heavy atom. The number of hydrogen-bond acceptors (Lipinski definition) is 7. The minimum atomic E-state index is -3.73. The summed E-state index contributed by atoms with van der Waals surface area (Å²) in [7, 11) is -3.73. The third-order valence-corrected chi connectivity index (χ3v) is 7.08. The van der Waals surface area contributed by atoms with Gasteiger partial charge in [0.2, 0.25) is 15.9 Å². The van der Waals surface area contributed by atoms with E-state index in [1.807, 2.05) is 12.1 Å². The fraction of sp³-hybridized carbons (Fsp3) is 0.458. The molecule has 1 atom stereocenters. The number of nitrogens with one attached hydrogen (secondary N) is 1. The van der Waals surface area contributed by atoms with E-state index >= 15 is 0 Å². The lowest BCUT2D eigenvalue weighted by molar-refractivity contribution is -0.122. The highest BCUT2D eigenvalue weighted by molar-refractivity contribution is 7.92. The molecule has 1 N–H and O–H groups in total. The van der Waals surface area contributed by atoms with E-state index in [9.17, 15) is 13.2 Å². The molecule has 2 heterocycles. The molecule has 1 amide bonds. The second kappa shape index (κ2) is 10.6. The smallest absolute Gasteiger partial charge is 0.243 e. The number of ether oxygens (including phenoxy) is 3. The molecule has 184 valence electrons. The van der Waals surface area contributed by atoms with E-state index in [-0.39, 0.29) is 5.91 Å². The summed E-state index contributed by atoms with van der Waals surface area (Å²) in [4.78, 5) is 15.3. The number of carbonyl (C=O) groups excluding carboxylic acids is 1. The lowest BCUT2D eigenvalue weighted by Gasteiger charge is -2.29. The maximum Gasteiger partial charge on any atom is 0.243 e. The first-order valence-electron chi connectivity index (χ1n) is 11.4. The molecular formula is C24H31N3O6S. The number of hydrogen-bond donors (Lipinski definition) is 1. The summed E-state index contributed by atoms with van der Waals surface area (Å²) in [6, 6.07) is 12.0. The molecule has 2 aromatic carbocycles. The lowest BCUT2D eigenvalue weighted by atomic mass is 10.1. The van der Waals surface area contributed by atoms with Crippen LogP contribution in [0.5, 0.6) is 11.5 Å². The van der Waals surface area contributed by atoms with Crippen LogP contribution in [0.2, 0.25) is 0 Å². The van der Waals surface area contributed by atoms with Gasteiger partial charge in [-0.25, -0.2) is 8.42 Å². The van der Waals surface area contributed by atoms with Crippen LogP contribution in [0.25, 0.3) is 0 Å². The van der Waals surface area contributed by atoms with Gasteiger partial charge < -0.3 is 19.5 Å². The van der Waals surface area contributed by atoms with Gasteiger partial charge in [-0.1, -0.05) is 24.3 Å². The molecule has 9 nitrogen and oxygen atoms in total. The summed E-state index contributed by atoms with van der Waals surface area (Å²) in [5, 5.41) is 2.88. The van der Waals surface area contributed by atoms with Gasteiger partial charge in [-0.3, -0.25) is 14.0 Å². The molecule has 4 rings (SSSR count). The van der Waals surface area contributed by atoms with Gasteiger partial charge in [0.05, 0.1) is 25.2 Å². The average Bonchev–Trinajstić information content (AvgIpc) is 2.82. The number of rotatable bonds is 8. The van der Waals surface area contributed by atoms with Gasteiger partial charge in [-0.05, 0) is 30.2 Å². The third-order valence-electron chi connectivity index (χ3n) is 5.84.